The number of unbranched alkanes of at least 4 members (excludes halogenated alkanes) is 3. The molecule has 0 heterocycles. The average molecular weight is 329 g/mol. The second kappa shape index (κ2) is 8.20. The first-order chi connectivity index (χ1) is 9.04. The molecule has 1 aromatic rings. The zero-order chi connectivity index (χ0) is 14.3. The van der Waals surface area contributed by atoms with Crippen molar-refractivity contribution < 1.29 is 14.6 Å². The number of hydrogen-bond donors (Lipinski definition) is 1. The van der Waals surface area contributed by atoms with Crippen molar-refractivity contribution in [2.75, 3.05) is 0 Å². The molecule has 1 unspecified atom stereocenters. The molecule has 3 nitrogen and oxygen atoms in total. The Morgan fingerprint density at radius 3 is 2.68 bits per heavy atom. The predicted octanol–water partition coefficient (Wildman–Crippen LogP) is 4.89. The van der Waals surface area contributed by atoms with Gasteiger partial charge in [0.15, 0.2) is 0 Å². The standard InChI is InChI=1S/C15H21BrO3/c1-3-4-5-6-7-11(2)19-14-9-8-12(15(17)18)10-13(14)16/h8-11H,3-7H2,1-2H3,(H,17,18). The molecule has 0 spiro atoms. The van der Waals surface area contributed by atoms with Gasteiger partial charge in [0.2, 0.25) is 0 Å². The van der Waals surface area contributed by atoms with Crippen LogP contribution in [-0.4, -0.2) is 17.2 Å². The summed E-state index contributed by atoms with van der Waals surface area (Å²) in [4.78, 5) is 10.8. The fourth-order valence-corrected chi connectivity index (χ4v) is 2.34. The van der Waals surface area contributed by atoms with Crippen LogP contribution in [0.1, 0.15) is 56.3 Å². The summed E-state index contributed by atoms with van der Waals surface area (Å²) in [5.41, 5.74) is 0.259. The maximum absolute atomic E-state index is 10.8. The van der Waals surface area contributed by atoms with Crippen molar-refractivity contribution in [3.8, 4) is 5.75 Å². The van der Waals surface area contributed by atoms with Crippen LogP contribution in [0.25, 0.3) is 0 Å². The minimum atomic E-state index is -0.931. The first-order valence-corrected chi connectivity index (χ1v) is 7.53. The molecule has 1 atom stereocenters. The van der Waals surface area contributed by atoms with E-state index in [2.05, 4.69) is 22.9 Å². The number of rotatable bonds is 8. The number of ether oxygens (including phenoxy) is 1. The van der Waals surface area contributed by atoms with Crippen LogP contribution in [0.15, 0.2) is 22.7 Å². The molecule has 0 amide bonds. The Bertz CT molecular complexity index is 418. The van der Waals surface area contributed by atoms with Crippen molar-refractivity contribution in [2.45, 2.75) is 52.1 Å². The van der Waals surface area contributed by atoms with Gasteiger partial charge in [-0.1, -0.05) is 26.2 Å². The van der Waals surface area contributed by atoms with E-state index < -0.39 is 5.97 Å². The second-order valence-corrected chi connectivity index (χ2v) is 5.58. The lowest BCUT2D eigenvalue weighted by molar-refractivity contribution is 0.0696. The van der Waals surface area contributed by atoms with E-state index in [1.54, 1.807) is 18.2 Å². The molecule has 0 saturated carbocycles. The maximum Gasteiger partial charge on any atom is 0.335 e. The molecule has 0 aliphatic carbocycles. The van der Waals surface area contributed by atoms with Gasteiger partial charge >= 0.3 is 5.97 Å². The summed E-state index contributed by atoms with van der Waals surface area (Å²) >= 11 is 3.35. The Hall–Kier alpha value is -1.03. The van der Waals surface area contributed by atoms with E-state index in [1.807, 2.05) is 6.92 Å². The van der Waals surface area contributed by atoms with Crippen molar-refractivity contribution >= 4 is 21.9 Å². The Kier molecular flexibility index (Phi) is 6.92. The SMILES string of the molecule is CCCCCCC(C)Oc1ccc(C(=O)O)cc1Br. The van der Waals surface area contributed by atoms with Crippen molar-refractivity contribution in [3.05, 3.63) is 28.2 Å². The summed E-state index contributed by atoms with van der Waals surface area (Å²) in [5.74, 6) is -0.229. The van der Waals surface area contributed by atoms with Gasteiger partial charge in [0.25, 0.3) is 0 Å². The number of carboxylic acid groups (broad SMARTS) is 1. The van der Waals surface area contributed by atoms with E-state index in [4.69, 9.17) is 9.84 Å². The molecular weight excluding hydrogens is 308 g/mol. The molecule has 0 saturated heterocycles. The van der Waals surface area contributed by atoms with E-state index in [0.29, 0.717) is 10.2 Å². The third-order valence-corrected chi connectivity index (χ3v) is 3.59. The Labute approximate surface area is 123 Å². The Morgan fingerprint density at radius 2 is 2.11 bits per heavy atom. The van der Waals surface area contributed by atoms with Gasteiger partial charge in [0.05, 0.1) is 16.1 Å². The lowest BCUT2D eigenvalue weighted by atomic mass is 10.1. The molecule has 4 heteroatoms. The quantitative estimate of drug-likeness (QED) is 0.691. The summed E-state index contributed by atoms with van der Waals surface area (Å²) in [6, 6.07) is 4.84. The van der Waals surface area contributed by atoms with E-state index in [-0.39, 0.29) is 11.7 Å². The number of carbonyl (C=O) groups is 1. The highest BCUT2D eigenvalue weighted by molar-refractivity contribution is 9.10. The third kappa shape index (κ3) is 5.64. The van der Waals surface area contributed by atoms with Gasteiger partial charge in [-0.25, -0.2) is 4.79 Å². The third-order valence-electron chi connectivity index (χ3n) is 2.97. The lowest BCUT2D eigenvalue weighted by Crippen LogP contribution is -2.12. The van der Waals surface area contributed by atoms with Gasteiger partial charge in [-0.05, 0) is 53.9 Å². The topological polar surface area (TPSA) is 46.5 Å². The molecule has 0 aliphatic rings. The fraction of sp³-hybridized carbons (Fsp3) is 0.533. The van der Waals surface area contributed by atoms with Crippen molar-refractivity contribution in [1.29, 1.82) is 0 Å². The number of aromatic carboxylic acids is 1. The summed E-state index contributed by atoms with van der Waals surface area (Å²) in [6.45, 7) is 4.24. The Morgan fingerprint density at radius 1 is 1.37 bits per heavy atom. The average Bonchev–Trinajstić information content (AvgIpc) is 2.37. The Balaban J connectivity index is 2.50. The number of hydrogen-bond acceptors (Lipinski definition) is 2. The molecular formula is C15H21BrO3. The van der Waals surface area contributed by atoms with Crippen LogP contribution in [0, 0.1) is 0 Å². The zero-order valence-electron chi connectivity index (χ0n) is 11.5. The van der Waals surface area contributed by atoms with Crippen LogP contribution < -0.4 is 4.74 Å². The summed E-state index contributed by atoms with van der Waals surface area (Å²) in [7, 11) is 0. The minimum Gasteiger partial charge on any atom is -0.490 e. The highest BCUT2D eigenvalue weighted by Crippen LogP contribution is 2.27. The molecule has 1 aromatic carbocycles. The van der Waals surface area contributed by atoms with Crippen molar-refractivity contribution in [2.24, 2.45) is 0 Å². The normalized spacial score (nSPS) is 12.2. The van der Waals surface area contributed by atoms with Gasteiger partial charge in [-0.3, -0.25) is 0 Å². The molecule has 0 fully saturated rings. The van der Waals surface area contributed by atoms with Crippen LogP contribution in [-0.2, 0) is 0 Å². The van der Waals surface area contributed by atoms with Gasteiger partial charge in [-0.2, -0.15) is 0 Å². The van der Waals surface area contributed by atoms with Crippen LogP contribution in [0.5, 0.6) is 5.75 Å². The van der Waals surface area contributed by atoms with E-state index in [1.165, 1.54) is 25.7 Å². The summed E-state index contributed by atoms with van der Waals surface area (Å²) < 4.78 is 6.51. The zero-order valence-corrected chi connectivity index (χ0v) is 13.1. The molecule has 19 heavy (non-hydrogen) atoms. The predicted molar refractivity (Wildman–Crippen MR) is 80.0 cm³/mol. The molecule has 1 N–H and O–H groups in total. The van der Waals surface area contributed by atoms with Gasteiger partial charge in [0, 0.05) is 0 Å². The first kappa shape index (κ1) is 16.0. The highest BCUT2D eigenvalue weighted by Gasteiger charge is 2.10. The molecule has 0 radical (unpaired) electrons. The number of benzene rings is 1. The highest BCUT2D eigenvalue weighted by atomic mass is 79.9. The van der Waals surface area contributed by atoms with Crippen molar-refractivity contribution in [3.63, 3.8) is 0 Å². The smallest absolute Gasteiger partial charge is 0.335 e. The van der Waals surface area contributed by atoms with Crippen molar-refractivity contribution in [1.82, 2.24) is 0 Å². The second-order valence-electron chi connectivity index (χ2n) is 4.73. The molecule has 1 rings (SSSR count). The van der Waals surface area contributed by atoms with Crippen LogP contribution in [0.4, 0.5) is 0 Å². The lowest BCUT2D eigenvalue weighted by Gasteiger charge is -2.16. The number of carboxylic acids is 1. The van der Waals surface area contributed by atoms with E-state index in [0.717, 1.165) is 6.42 Å². The van der Waals surface area contributed by atoms with Gasteiger partial charge in [-0.15, -0.1) is 0 Å². The number of halogens is 1. The summed E-state index contributed by atoms with van der Waals surface area (Å²) in [6.07, 6.45) is 6.07. The minimum absolute atomic E-state index is 0.142. The maximum atomic E-state index is 10.8. The van der Waals surface area contributed by atoms with Gasteiger partial charge in [0.1, 0.15) is 5.75 Å². The largest absolute Gasteiger partial charge is 0.490 e. The first-order valence-electron chi connectivity index (χ1n) is 6.74. The van der Waals surface area contributed by atoms with Gasteiger partial charge < -0.3 is 9.84 Å². The summed E-state index contributed by atoms with van der Waals surface area (Å²) in [5, 5.41) is 8.89. The van der Waals surface area contributed by atoms with Crippen LogP contribution in [0.2, 0.25) is 0 Å². The molecule has 0 aliphatic heterocycles. The molecule has 106 valence electrons. The van der Waals surface area contributed by atoms with Crippen LogP contribution in [0.3, 0.4) is 0 Å². The van der Waals surface area contributed by atoms with E-state index in [9.17, 15) is 4.79 Å². The molecule has 0 aromatic heterocycles. The molecule has 0 bridgehead atoms. The van der Waals surface area contributed by atoms with E-state index >= 15 is 0 Å². The fourth-order valence-electron chi connectivity index (χ4n) is 1.86. The monoisotopic (exact) mass is 328 g/mol. The van der Waals surface area contributed by atoms with Crippen LogP contribution >= 0.6 is 15.9 Å².